The second kappa shape index (κ2) is 7.18. The Hall–Kier alpha value is -0.810. The summed E-state index contributed by atoms with van der Waals surface area (Å²) in [5.74, 6) is 0. The molecule has 1 N–H and O–H groups in total. The molecule has 0 radical (unpaired) electrons. The summed E-state index contributed by atoms with van der Waals surface area (Å²) in [6.07, 6.45) is 4.27. The number of amides is 1. The van der Waals surface area contributed by atoms with Gasteiger partial charge in [-0.3, -0.25) is 0 Å². The minimum Gasteiger partial charge on any atom is -0.444 e. The Labute approximate surface area is 135 Å². The molecule has 2 aliphatic heterocycles. The highest BCUT2D eigenvalue weighted by Crippen LogP contribution is 2.24. The average Bonchev–Trinajstić information content (AvgIpc) is 2.96. The van der Waals surface area contributed by atoms with Crippen molar-refractivity contribution < 1.29 is 9.53 Å². The highest BCUT2D eigenvalue weighted by atomic mass is 16.6. The number of hydrogen-bond donors (Lipinski definition) is 1. The van der Waals surface area contributed by atoms with E-state index in [9.17, 15) is 4.79 Å². The van der Waals surface area contributed by atoms with Gasteiger partial charge in [-0.15, -0.1) is 0 Å². The Kier molecular flexibility index (Phi) is 5.72. The summed E-state index contributed by atoms with van der Waals surface area (Å²) in [7, 11) is 2.17. The van der Waals surface area contributed by atoms with Crippen molar-refractivity contribution >= 4 is 6.09 Å². The summed E-state index contributed by atoms with van der Waals surface area (Å²) < 4.78 is 5.54. The Morgan fingerprint density at radius 2 is 2.05 bits per heavy atom. The Balaban J connectivity index is 1.81. The molecule has 0 aromatic rings. The normalized spacial score (nSPS) is 28.1. The Morgan fingerprint density at radius 3 is 2.64 bits per heavy atom. The van der Waals surface area contributed by atoms with E-state index >= 15 is 0 Å². The van der Waals surface area contributed by atoms with Crippen LogP contribution in [0.25, 0.3) is 0 Å². The van der Waals surface area contributed by atoms with Crippen molar-refractivity contribution in [3.05, 3.63) is 0 Å². The van der Waals surface area contributed by atoms with Gasteiger partial charge in [0.1, 0.15) is 5.60 Å². The first-order valence-electron chi connectivity index (χ1n) is 8.69. The van der Waals surface area contributed by atoms with Crippen molar-refractivity contribution in [1.82, 2.24) is 15.1 Å². The Morgan fingerprint density at radius 1 is 1.32 bits per heavy atom. The van der Waals surface area contributed by atoms with Gasteiger partial charge in [0, 0.05) is 31.2 Å². The lowest BCUT2D eigenvalue weighted by Gasteiger charge is -2.30. The van der Waals surface area contributed by atoms with E-state index in [1.807, 2.05) is 25.7 Å². The van der Waals surface area contributed by atoms with Crippen molar-refractivity contribution in [3.8, 4) is 0 Å². The molecule has 5 heteroatoms. The molecule has 0 aromatic carbocycles. The summed E-state index contributed by atoms with van der Waals surface area (Å²) in [4.78, 5) is 16.6. The topological polar surface area (TPSA) is 44.8 Å². The zero-order valence-electron chi connectivity index (χ0n) is 14.9. The van der Waals surface area contributed by atoms with Crippen LogP contribution in [-0.4, -0.2) is 66.3 Å². The van der Waals surface area contributed by atoms with Crippen LogP contribution in [0.1, 0.15) is 53.4 Å². The monoisotopic (exact) mass is 311 g/mol. The fourth-order valence-corrected chi connectivity index (χ4v) is 3.59. The van der Waals surface area contributed by atoms with Gasteiger partial charge in [0.05, 0.1) is 0 Å². The van der Waals surface area contributed by atoms with Crippen molar-refractivity contribution in [2.24, 2.45) is 0 Å². The molecule has 0 bridgehead atoms. The molecule has 5 nitrogen and oxygen atoms in total. The maximum absolute atomic E-state index is 12.3. The van der Waals surface area contributed by atoms with E-state index in [2.05, 4.69) is 24.2 Å². The van der Waals surface area contributed by atoms with E-state index in [0.717, 1.165) is 32.4 Å². The van der Waals surface area contributed by atoms with Gasteiger partial charge in [-0.1, -0.05) is 0 Å². The number of hydrogen-bond acceptors (Lipinski definition) is 4. The predicted octanol–water partition coefficient (Wildman–Crippen LogP) is 2.46. The maximum Gasteiger partial charge on any atom is 0.410 e. The quantitative estimate of drug-likeness (QED) is 0.866. The molecule has 0 aromatic heterocycles. The van der Waals surface area contributed by atoms with Crippen LogP contribution in [0.4, 0.5) is 4.79 Å². The first-order chi connectivity index (χ1) is 10.2. The molecule has 2 fully saturated rings. The molecule has 0 spiro atoms. The lowest BCUT2D eigenvalue weighted by molar-refractivity contribution is 0.0214. The highest BCUT2D eigenvalue weighted by Gasteiger charge is 2.33. The standard InChI is InChI=1S/C17H33N3O2/c1-13(18-14-8-10-19(5)12-14)11-15-7-6-9-20(15)16(21)22-17(2,3)4/h13-15,18H,6-12H2,1-5H3. The molecule has 2 heterocycles. The van der Waals surface area contributed by atoms with E-state index < -0.39 is 5.60 Å². The second-order valence-electron chi connectivity index (χ2n) is 8.02. The molecule has 128 valence electrons. The summed E-state index contributed by atoms with van der Waals surface area (Å²) in [6, 6.07) is 1.34. The SMILES string of the molecule is CC(CC1CCCN1C(=O)OC(C)(C)C)NC1CCN(C)C1. The first kappa shape index (κ1) is 17.5. The van der Waals surface area contributed by atoms with Crippen LogP contribution in [0.3, 0.4) is 0 Å². The molecule has 3 unspecified atom stereocenters. The van der Waals surface area contributed by atoms with Crippen LogP contribution >= 0.6 is 0 Å². The molecule has 2 rings (SSSR count). The summed E-state index contributed by atoms with van der Waals surface area (Å²) in [5, 5.41) is 3.72. The summed E-state index contributed by atoms with van der Waals surface area (Å²) >= 11 is 0. The molecule has 0 aliphatic carbocycles. The van der Waals surface area contributed by atoms with Crippen LogP contribution < -0.4 is 5.32 Å². The van der Waals surface area contributed by atoms with Gasteiger partial charge in [-0.2, -0.15) is 0 Å². The summed E-state index contributed by atoms with van der Waals surface area (Å²) in [5.41, 5.74) is -0.414. The minimum absolute atomic E-state index is 0.150. The average molecular weight is 311 g/mol. The fourth-order valence-electron chi connectivity index (χ4n) is 3.59. The number of carbonyl (C=O) groups is 1. The molecule has 2 saturated heterocycles. The molecule has 0 saturated carbocycles. The van der Waals surface area contributed by atoms with Gasteiger partial charge < -0.3 is 19.9 Å². The van der Waals surface area contributed by atoms with Crippen LogP contribution in [0.15, 0.2) is 0 Å². The van der Waals surface area contributed by atoms with Crippen LogP contribution in [0.5, 0.6) is 0 Å². The third-order valence-corrected chi connectivity index (χ3v) is 4.54. The lowest BCUT2D eigenvalue weighted by atomic mass is 10.0. The zero-order valence-corrected chi connectivity index (χ0v) is 14.9. The summed E-state index contributed by atoms with van der Waals surface area (Å²) in [6.45, 7) is 11.2. The smallest absolute Gasteiger partial charge is 0.410 e. The van der Waals surface area contributed by atoms with Crippen molar-refractivity contribution in [2.45, 2.75) is 77.1 Å². The van der Waals surface area contributed by atoms with Gasteiger partial charge in [0.15, 0.2) is 0 Å². The van der Waals surface area contributed by atoms with E-state index in [4.69, 9.17) is 4.74 Å². The van der Waals surface area contributed by atoms with E-state index in [1.165, 1.54) is 13.0 Å². The predicted molar refractivity (Wildman–Crippen MR) is 89.1 cm³/mol. The second-order valence-corrected chi connectivity index (χ2v) is 8.02. The molecular weight excluding hydrogens is 278 g/mol. The zero-order chi connectivity index (χ0) is 16.3. The molecule has 2 aliphatic rings. The number of nitrogens with one attached hydrogen (secondary N) is 1. The highest BCUT2D eigenvalue weighted by molar-refractivity contribution is 5.68. The van der Waals surface area contributed by atoms with Crippen LogP contribution in [-0.2, 0) is 4.74 Å². The number of nitrogens with zero attached hydrogens (tertiary/aromatic N) is 2. The van der Waals surface area contributed by atoms with Crippen LogP contribution in [0.2, 0.25) is 0 Å². The number of carbonyl (C=O) groups excluding carboxylic acids is 1. The van der Waals surface area contributed by atoms with Crippen molar-refractivity contribution in [2.75, 3.05) is 26.7 Å². The Bertz CT molecular complexity index is 381. The van der Waals surface area contributed by atoms with Crippen molar-refractivity contribution in [3.63, 3.8) is 0 Å². The largest absolute Gasteiger partial charge is 0.444 e. The number of likely N-dealkylation sites (N-methyl/N-ethyl adjacent to an activating group) is 1. The molecular formula is C17H33N3O2. The van der Waals surface area contributed by atoms with Gasteiger partial charge in [0.2, 0.25) is 0 Å². The molecule has 1 amide bonds. The van der Waals surface area contributed by atoms with E-state index in [1.54, 1.807) is 0 Å². The third kappa shape index (κ3) is 5.13. The van der Waals surface area contributed by atoms with Crippen molar-refractivity contribution in [1.29, 1.82) is 0 Å². The molecule has 22 heavy (non-hydrogen) atoms. The maximum atomic E-state index is 12.3. The third-order valence-electron chi connectivity index (χ3n) is 4.54. The van der Waals surface area contributed by atoms with Gasteiger partial charge >= 0.3 is 6.09 Å². The van der Waals surface area contributed by atoms with Gasteiger partial charge in [-0.25, -0.2) is 4.79 Å². The van der Waals surface area contributed by atoms with Crippen LogP contribution in [0, 0.1) is 0 Å². The lowest BCUT2D eigenvalue weighted by Crippen LogP contribution is -2.44. The minimum atomic E-state index is -0.414. The van der Waals surface area contributed by atoms with Gasteiger partial charge in [-0.05, 0) is 67.0 Å². The van der Waals surface area contributed by atoms with Gasteiger partial charge in [0.25, 0.3) is 0 Å². The fraction of sp³-hybridized carbons (Fsp3) is 0.941. The molecule has 3 atom stereocenters. The number of ether oxygens (including phenoxy) is 1. The number of rotatable bonds is 4. The van der Waals surface area contributed by atoms with E-state index in [-0.39, 0.29) is 6.09 Å². The number of likely N-dealkylation sites (tertiary alicyclic amines) is 2. The van der Waals surface area contributed by atoms with E-state index in [0.29, 0.717) is 18.1 Å². The first-order valence-corrected chi connectivity index (χ1v) is 8.69.